The number of rotatable bonds is 4. The van der Waals surface area contributed by atoms with E-state index in [2.05, 4.69) is 4.90 Å². The number of piperazine rings is 1. The Balaban J connectivity index is 1.33. The molecule has 0 radical (unpaired) electrons. The van der Waals surface area contributed by atoms with Crippen LogP contribution in [-0.4, -0.2) is 42.0 Å². The van der Waals surface area contributed by atoms with Gasteiger partial charge in [-0.15, -0.1) is 0 Å². The van der Waals surface area contributed by atoms with Gasteiger partial charge in [0.05, 0.1) is 16.8 Å². The van der Waals surface area contributed by atoms with Gasteiger partial charge in [-0.25, -0.2) is 4.39 Å². The summed E-state index contributed by atoms with van der Waals surface area (Å²) in [5.74, 6) is 0.257. The number of ether oxygens (including phenoxy) is 1. The van der Waals surface area contributed by atoms with Gasteiger partial charge >= 0.3 is 0 Å². The Labute approximate surface area is 196 Å². The number of carbonyl (C=O) groups is 1. The van der Waals surface area contributed by atoms with Gasteiger partial charge in [-0.05, 0) is 48.0 Å². The molecule has 2 aliphatic rings. The van der Waals surface area contributed by atoms with Gasteiger partial charge < -0.3 is 14.7 Å². The predicted molar refractivity (Wildman–Crippen MR) is 126 cm³/mol. The molecule has 0 saturated carbocycles. The molecule has 3 aromatic carbocycles. The van der Waals surface area contributed by atoms with E-state index in [9.17, 15) is 14.3 Å². The van der Waals surface area contributed by atoms with E-state index in [1.165, 1.54) is 12.1 Å². The number of carbonyl (C=O) groups excluding carboxylic acids is 1. The van der Waals surface area contributed by atoms with Crippen molar-refractivity contribution in [2.75, 3.05) is 31.1 Å². The standard InChI is InChI=1S/C26H22ClFN2O3/c27-18-7-5-17(6-8-18)15-24-25(32)19-9-10-23(31)20(26(19)33-24)16-29-11-13-30(14-12-29)22-4-2-1-3-21(22)28/h1-10,15,31H,11-14,16H2/b24-15-. The second-order valence-electron chi connectivity index (χ2n) is 8.15. The molecule has 2 heterocycles. The fourth-order valence-corrected chi connectivity index (χ4v) is 4.36. The Bertz CT molecular complexity index is 1230. The van der Waals surface area contributed by atoms with Crippen molar-refractivity contribution >= 4 is 29.1 Å². The minimum absolute atomic E-state index is 0.0887. The van der Waals surface area contributed by atoms with Gasteiger partial charge in [0.25, 0.3) is 0 Å². The van der Waals surface area contributed by atoms with Crippen molar-refractivity contribution in [2.24, 2.45) is 0 Å². The summed E-state index contributed by atoms with van der Waals surface area (Å²) < 4.78 is 20.1. The fourth-order valence-electron chi connectivity index (χ4n) is 4.24. The molecule has 1 fully saturated rings. The molecule has 7 heteroatoms. The van der Waals surface area contributed by atoms with Crippen LogP contribution in [0.1, 0.15) is 21.5 Å². The molecule has 0 bridgehead atoms. The van der Waals surface area contributed by atoms with E-state index in [1.807, 2.05) is 23.1 Å². The number of hydrogen-bond acceptors (Lipinski definition) is 5. The second kappa shape index (κ2) is 8.89. The maximum atomic E-state index is 14.1. The van der Waals surface area contributed by atoms with Crippen LogP contribution in [0.15, 0.2) is 66.4 Å². The number of fused-ring (bicyclic) bond motifs is 1. The summed E-state index contributed by atoms with van der Waals surface area (Å²) in [6.07, 6.45) is 1.67. The van der Waals surface area contributed by atoms with Crippen molar-refractivity contribution < 1.29 is 19.0 Å². The van der Waals surface area contributed by atoms with Crippen molar-refractivity contribution in [3.63, 3.8) is 0 Å². The first-order valence-electron chi connectivity index (χ1n) is 10.8. The van der Waals surface area contributed by atoms with Crippen LogP contribution >= 0.6 is 11.6 Å². The molecule has 1 saturated heterocycles. The number of benzene rings is 3. The van der Waals surface area contributed by atoms with E-state index in [4.69, 9.17) is 16.3 Å². The number of halogens is 2. The first-order chi connectivity index (χ1) is 16.0. The third-order valence-electron chi connectivity index (χ3n) is 6.03. The fraction of sp³-hybridized carbons (Fsp3) is 0.192. The number of ketones is 1. The van der Waals surface area contributed by atoms with Crippen LogP contribution in [0.5, 0.6) is 11.5 Å². The zero-order valence-electron chi connectivity index (χ0n) is 17.8. The topological polar surface area (TPSA) is 53.0 Å². The predicted octanol–water partition coefficient (Wildman–Crippen LogP) is 5.12. The lowest BCUT2D eigenvalue weighted by Gasteiger charge is -2.36. The van der Waals surface area contributed by atoms with E-state index >= 15 is 0 Å². The molecule has 0 unspecified atom stereocenters. The number of anilines is 1. The van der Waals surface area contributed by atoms with Crippen LogP contribution < -0.4 is 9.64 Å². The van der Waals surface area contributed by atoms with Gasteiger partial charge in [-0.2, -0.15) is 0 Å². The van der Waals surface area contributed by atoms with Gasteiger partial charge in [-0.1, -0.05) is 35.9 Å². The molecule has 5 nitrogen and oxygen atoms in total. The number of allylic oxidation sites excluding steroid dienone is 1. The highest BCUT2D eigenvalue weighted by molar-refractivity contribution is 6.30. The minimum Gasteiger partial charge on any atom is -0.507 e. The molecular formula is C26H22ClFN2O3. The molecule has 5 rings (SSSR count). The van der Waals surface area contributed by atoms with Gasteiger partial charge in [-0.3, -0.25) is 9.69 Å². The lowest BCUT2D eigenvalue weighted by molar-refractivity contribution is 0.101. The third-order valence-corrected chi connectivity index (χ3v) is 6.28. The van der Waals surface area contributed by atoms with Gasteiger partial charge in [0.2, 0.25) is 5.78 Å². The number of para-hydroxylation sites is 1. The van der Waals surface area contributed by atoms with Crippen LogP contribution in [-0.2, 0) is 6.54 Å². The Hall–Kier alpha value is -3.35. The SMILES string of the molecule is O=C1/C(=C/c2ccc(Cl)cc2)Oc2c1ccc(O)c2CN1CCN(c2ccccc2F)CC1. The maximum Gasteiger partial charge on any atom is 0.231 e. The van der Waals surface area contributed by atoms with Crippen molar-refractivity contribution in [2.45, 2.75) is 6.54 Å². The molecule has 168 valence electrons. The molecule has 2 aliphatic heterocycles. The molecule has 0 spiro atoms. The number of phenols is 1. The summed E-state index contributed by atoms with van der Waals surface area (Å²) in [7, 11) is 0. The normalized spacial score (nSPS) is 17.3. The van der Waals surface area contributed by atoms with Crippen LogP contribution in [0.2, 0.25) is 5.02 Å². The van der Waals surface area contributed by atoms with E-state index in [-0.39, 0.29) is 23.1 Å². The van der Waals surface area contributed by atoms with Crippen molar-refractivity contribution in [1.82, 2.24) is 4.90 Å². The Morgan fingerprint density at radius 1 is 1.00 bits per heavy atom. The van der Waals surface area contributed by atoms with E-state index in [0.29, 0.717) is 60.3 Å². The summed E-state index contributed by atoms with van der Waals surface area (Å²) in [4.78, 5) is 17.1. The van der Waals surface area contributed by atoms with Crippen molar-refractivity contribution in [3.8, 4) is 11.5 Å². The van der Waals surface area contributed by atoms with E-state index in [1.54, 1.807) is 36.4 Å². The van der Waals surface area contributed by atoms with Crippen LogP contribution in [0, 0.1) is 5.82 Å². The molecule has 1 N–H and O–H groups in total. The largest absolute Gasteiger partial charge is 0.507 e. The Morgan fingerprint density at radius 3 is 2.45 bits per heavy atom. The zero-order valence-corrected chi connectivity index (χ0v) is 18.6. The summed E-state index contributed by atoms with van der Waals surface area (Å²) in [6.45, 7) is 3.15. The molecule has 33 heavy (non-hydrogen) atoms. The number of nitrogens with zero attached hydrogens (tertiary/aromatic N) is 2. The van der Waals surface area contributed by atoms with Crippen LogP contribution in [0.25, 0.3) is 6.08 Å². The highest BCUT2D eigenvalue weighted by atomic mass is 35.5. The highest BCUT2D eigenvalue weighted by Crippen LogP contribution is 2.40. The smallest absolute Gasteiger partial charge is 0.231 e. The summed E-state index contributed by atoms with van der Waals surface area (Å²) >= 11 is 5.94. The van der Waals surface area contributed by atoms with Crippen LogP contribution in [0.4, 0.5) is 10.1 Å². The first kappa shape index (κ1) is 21.5. The molecule has 0 atom stereocenters. The molecular weight excluding hydrogens is 443 g/mol. The minimum atomic E-state index is -0.226. The van der Waals surface area contributed by atoms with Crippen molar-refractivity contribution in [1.29, 1.82) is 0 Å². The maximum absolute atomic E-state index is 14.1. The number of phenolic OH excluding ortho intramolecular Hbond substituents is 1. The number of aromatic hydroxyl groups is 1. The quantitative estimate of drug-likeness (QED) is 0.543. The number of hydrogen-bond donors (Lipinski definition) is 1. The van der Waals surface area contributed by atoms with Crippen molar-refractivity contribution in [3.05, 3.63) is 94.0 Å². The highest BCUT2D eigenvalue weighted by Gasteiger charge is 2.32. The average molecular weight is 465 g/mol. The Kier molecular flexibility index (Phi) is 5.79. The van der Waals surface area contributed by atoms with Gasteiger partial charge in [0.15, 0.2) is 5.76 Å². The molecule has 3 aromatic rings. The van der Waals surface area contributed by atoms with Gasteiger partial charge in [0, 0.05) is 37.7 Å². The first-order valence-corrected chi connectivity index (χ1v) is 11.1. The Morgan fingerprint density at radius 2 is 1.73 bits per heavy atom. The molecule has 0 aromatic heterocycles. The summed E-state index contributed by atoms with van der Waals surface area (Å²) in [5.41, 5.74) is 2.42. The lowest BCUT2D eigenvalue weighted by Crippen LogP contribution is -2.46. The molecule has 0 amide bonds. The average Bonchev–Trinajstić information content (AvgIpc) is 3.13. The van der Waals surface area contributed by atoms with Gasteiger partial charge in [0.1, 0.15) is 17.3 Å². The van der Waals surface area contributed by atoms with Crippen LogP contribution in [0.3, 0.4) is 0 Å². The third kappa shape index (κ3) is 4.32. The lowest BCUT2D eigenvalue weighted by atomic mass is 10.0. The van der Waals surface area contributed by atoms with E-state index < -0.39 is 0 Å². The summed E-state index contributed by atoms with van der Waals surface area (Å²) in [5, 5.41) is 11.2. The van der Waals surface area contributed by atoms with E-state index in [0.717, 1.165) is 5.56 Å². The monoisotopic (exact) mass is 464 g/mol. The summed E-state index contributed by atoms with van der Waals surface area (Å²) in [6, 6.07) is 17.0. The molecule has 0 aliphatic carbocycles. The zero-order chi connectivity index (χ0) is 22.9. The second-order valence-corrected chi connectivity index (χ2v) is 8.58. The number of Topliss-reactive ketones (excluding diaryl/α,β-unsaturated/α-hetero) is 1.